The van der Waals surface area contributed by atoms with Gasteiger partial charge in [-0.25, -0.2) is 4.98 Å². The van der Waals surface area contributed by atoms with E-state index in [2.05, 4.69) is 31.8 Å². The van der Waals surface area contributed by atoms with Crippen molar-refractivity contribution in [1.82, 2.24) is 25.0 Å². The monoisotopic (exact) mass is 386 g/mol. The summed E-state index contributed by atoms with van der Waals surface area (Å²) >= 11 is 5.98. The third-order valence-electron chi connectivity index (χ3n) is 5.81. The summed E-state index contributed by atoms with van der Waals surface area (Å²) in [6.45, 7) is 10.2. The lowest BCUT2D eigenvalue weighted by molar-refractivity contribution is 0.0877. The van der Waals surface area contributed by atoms with Crippen LogP contribution in [0.25, 0.3) is 11.3 Å². The van der Waals surface area contributed by atoms with E-state index < -0.39 is 0 Å². The normalized spacial score (nSPS) is 20.1. The molecule has 1 aromatic carbocycles. The van der Waals surface area contributed by atoms with Crippen LogP contribution < -0.4 is 4.90 Å². The van der Waals surface area contributed by atoms with E-state index in [-0.39, 0.29) is 0 Å². The summed E-state index contributed by atoms with van der Waals surface area (Å²) in [7, 11) is 0. The number of anilines is 1. The summed E-state index contributed by atoms with van der Waals surface area (Å²) in [5, 5.41) is 9.19. The van der Waals surface area contributed by atoms with Crippen LogP contribution in [0, 0.1) is 0 Å². The first-order valence-corrected chi connectivity index (χ1v) is 10.3. The molecule has 0 amide bonds. The fourth-order valence-corrected chi connectivity index (χ4v) is 4.19. The average molecular weight is 387 g/mol. The number of hydrogen-bond donors (Lipinski definition) is 0. The van der Waals surface area contributed by atoms with Gasteiger partial charge in [-0.05, 0) is 31.5 Å². The van der Waals surface area contributed by atoms with Crippen molar-refractivity contribution in [2.45, 2.75) is 25.8 Å². The molecule has 0 saturated carbocycles. The molecule has 1 aromatic heterocycles. The van der Waals surface area contributed by atoms with Crippen LogP contribution in [0.4, 0.5) is 5.95 Å². The maximum absolute atomic E-state index is 5.98. The summed E-state index contributed by atoms with van der Waals surface area (Å²) in [5.41, 5.74) is 1.86. The number of piperazine rings is 1. The van der Waals surface area contributed by atoms with Crippen molar-refractivity contribution in [2.24, 2.45) is 0 Å². The third kappa shape index (κ3) is 4.39. The summed E-state index contributed by atoms with van der Waals surface area (Å²) in [4.78, 5) is 12.2. The highest BCUT2D eigenvalue weighted by Crippen LogP contribution is 2.24. The minimum absolute atomic E-state index is 0.688. The number of halogens is 1. The van der Waals surface area contributed by atoms with Crippen LogP contribution in [0.5, 0.6) is 0 Å². The van der Waals surface area contributed by atoms with E-state index in [4.69, 9.17) is 16.6 Å². The van der Waals surface area contributed by atoms with E-state index in [1.807, 2.05) is 24.3 Å². The standard InChI is InChI=1S/C20H27ClN6/c1-2-25-11-13-26(14-12-25)18-7-9-27(10-8-18)20-23-19(15-22-24-20)16-3-5-17(21)6-4-16/h3-6,15,18H,2,7-14H2,1H3. The predicted molar refractivity (Wildman–Crippen MR) is 109 cm³/mol. The molecular weight excluding hydrogens is 360 g/mol. The Morgan fingerprint density at radius 3 is 2.37 bits per heavy atom. The van der Waals surface area contributed by atoms with E-state index in [9.17, 15) is 0 Å². The lowest BCUT2D eigenvalue weighted by Gasteiger charge is -2.42. The van der Waals surface area contributed by atoms with Crippen LogP contribution in [-0.4, -0.2) is 76.8 Å². The summed E-state index contributed by atoms with van der Waals surface area (Å²) in [5.74, 6) is 0.733. The number of hydrogen-bond acceptors (Lipinski definition) is 6. The second kappa shape index (κ2) is 8.50. The predicted octanol–water partition coefficient (Wildman–Crippen LogP) is 2.80. The Balaban J connectivity index is 1.37. The molecule has 2 aliphatic heterocycles. The largest absolute Gasteiger partial charge is 0.339 e. The fraction of sp³-hybridized carbons (Fsp3) is 0.550. The van der Waals surface area contributed by atoms with Crippen LogP contribution >= 0.6 is 11.6 Å². The Labute approximate surface area is 166 Å². The van der Waals surface area contributed by atoms with Gasteiger partial charge in [0.05, 0.1) is 11.9 Å². The van der Waals surface area contributed by atoms with Crippen LogP contribution in [0.1, 0.15) is 19.8 Å². The minimum Gasteiger partial charge on any atom is -0.339 e. The highest BCUT2D eigenvalue weighted by Gasteiger charge is 2.28. The molecule has 7 heteroatoms. The van der Waals surface area contributed by atoms with Gasteiger partial charge in [0.2, 0.25) is 5.95 Å². The molecule has 144 valence electrons. The van der Waals surface area contributed by atoms with Crippen LogP contribution in [0.2, 0.25) is 5.02 Å². The van der Waals surface area contributed by atoms with Gasteiger partial charge in [0.1, 0.15) is 0 Å². The Kier molecular flexibility index (Phi) is 5.86. The highest BCUT2D eigenvalue weighted by atomic mass is 35.5. The van der Waals surface area contributed by atoms with Crippen molar-refractivity contribution >= 4 is 17.5 Å². The fourth-order valence-electron chi connectivity index (χ4n) is 4.06. The van der Waals surface area contributed by atoms with Crippen molar-refractivity contribution in [3.05, 3.63) is 35.5 Å². The second-order valence-corrected chi connectivity index (χ2v) is 7.77. The SMILES string of the molecule is CCN1CCN(C2CCN(c3nncc(-c4ccc(Cl)cc4)n3)CC2)CC1. The van der Waals surface area contributed by atoms with E-state index in [1.165, 1.54) is 45.6 Å². The first-order chi connectivity index (χ1) is 13.2. The zero-order valence-electron chi connectivity index (χ0n) is 15.9. The number of piperidine rings is 1. The van der Waals surface area contributed by atoms with Gasteiger partial charge in [-0.1, -0.05) is 30.7 Å². The van der Waals surface area contributed by atoms with Gasteiger partial charge in [0.25, 0.3) is 0 Å². The summed E-state index contributed by atoms with van der Waals surface area (Å²) < 4.78 is 0. The van der Waals surface area contributed by atoms with Gasteiger partial charge in [0, 0.05) is 55.9 Å². The van der Waals surface area contributed by atoms with Crippen LogP contribution in [0.3, 0.4) is 0 Å². The molecular formula is C20H27ClN6. The molecule has 2 fully saturated rings. The molecule has 0 atom stereocenters. The molecule has 3 heterocycles. The smallest absolute Gasteiger partial charge is 0.245 e. The number of rotatable bonds is 4. The lowest BCUT2D eigenvalue weighted by Crippen LogP contribution is -2.53. The van der Waals surface area contributed by atoms with Gasteiger partial charge >= 0.3 is 0 Å². The molecule has 0 bridgehead atoms. The highest BCUT2D eigenvalue weighted by molar-refractivity contribution is 6.30. The Morgan fingerprint density at radius 2 is 1.70 bits per heavy atom. The van der Waals surface area contributed by atoms with Crippen molar-refractivity contribution < 1.29 is 0 Å². The van der Waals surface area contributed by atoms with Crippen LogP contribution in [0.15, 0.2) is 30.5 Å². The molecule has 6 nitrogen and oxygen atoms in total. The van der Waals surface area contributed by atoms with Crippen LogP contribution in [-0.2, 0) is 0 Å². The van der Waals surface area contributed by atoms with Gasteiger partial charge in [-0.2, -0.15) is 5.10 Å². The summed E-state index contributed by atoms with van der Waals surface area (Å²) in [6, 6.07) is 8.38. The Hall–Kier alpha value is -1.76. The van der Waals surface area contributed by atoms with E-state index in [0.29, 0.717) is 6.04 Å². The first-order valence-electron chi connectivity index (χ1n) is 9.90. The molecule has 0 N–H and O–H groups in total. The number of nitrogens with zero attached hydrogens (tertiary/aromatic N) is 6. The van der Waals surface area contributed by atoms with Crippen molar-refractivity contribution in [1.29, 1.82) is 0 Å². The number of aromatic nitrogens is 3. The quantitative estimate of drug-likeness (QED) is 0.805. The number of likely N-dealkylation sites (N-methyl/N-ethyl adjacent to an activating group) is 1. The molecule has 0 unspecified atom stereocenters. The van der Waals surface area contributed by atoms with Gasteiger partial charge in [-0.3, -0.25) is 4.90 Å². The Morgan fingerprint density at radius 1 is 1.00 bits per heavy atom. The molecule has 2 aromatic rings. The average Bonchev–Trinajstić information content (AvgIpc) is 2.75. The van der Waals surface area contributed by atoms with Gasteiger partial charge in [-0.15, -0.1) is 5.10 Å². The van der Waals surface area contributed by atoms with Crippen molar-refractivity contribution in [2.75, 3.05) is 50.7 Å². The third-order valence-corrected chi connectivity index (χ3v) is 6.06. The molecule has 0 spiro atoms. The zero-order valence-corrected chi connectivity index (χ0v) is 16.6. The maximum atomic E-state index is 5.98. The maximum Gasteiger partial charge on any atom is 0.245 e. The molecule has 2 aliphatic rings. The lowest BCUT2D eigenvalue weighted by atomic mass is 10.0. The zero-order chi connectivity index (χ0) is 18.6. The number of benzene rings is 1. The summed E-state index contributed by atoms with van der Waals surface area (Å²) in [6.07, 6.45) is 4.05. The van der Waals surface area contributed by atoms with Crippen molar-refractivity contribution in [3.8, 4) is 11.3 Å². The molecule has 0 radical (unpaired) electrons. The minimum atomic E-state index is 0.688. The Bertz CT molecular complexity index is 736. The van der Waals surface area contributed by atoms with Gasteiger partial charge in [0.15, 0.2) is 0 Å². The molecule has 0 aliphatic carbocycles. The van der Waals surface area contributed by atoms with Gasteiger partial charge < -0.3 is 9.80 Å². The van der Waals surface area contributed by atoms with E-state index >= 15 is 0 Å². The van der Waals surface area contributed by atoms with Crippen molar-refractivity contribution in [3.63, 3.8) is 0 Å². The van der Waals surface area contributed by atoms with E-state index in [1.54, 1.807) is 6.20 Å². The molecule has 4 rings (SSSR count). The van der Waals surface area contributed by atoms with E-state index in [0.717, 1.165) is 35.3 Å². The second-order valence-electron chi connectivity index (χ2n) is 7.34. The molecule has 27 heavy (non-hydrogen) atoms. The molecule has 2 saturated heterocycles. The first kappa shape index (κ1) is 18.6. The topological polar surface area (TPSA) is 48.4 Å².